The lowest BCUT2D eigenvalue weighted by Crippen LogP contribution is -2.72. The van der Waals surface area contributed by atoms with Gasteiger partial charge in [-0.25, -0.2) is 0 Å². The van der Waals surface area contributed by atoms with Crippen molar-refractivity contribution in [2.24, 2.45) is 34.6 Å². The number of amides is 2. The first-order valence-corrected chi connectivity index (χ1v) is 15.2. The molecule has 0 heterocycles. The summed E-state index contributed by atoms with van der Waals surface area (Å²) in [6, 6.07) is 7.93. The zero-order valence-corrected chi connectivity index (χ0v) is 25.2. The van der Waals surface area contributed by atoms with Gasteiger partial charge in [0, 0.05) is 12.6 Å². The molecule has 11 heteroatoms. The number of ketones is 1. The van der Waals surface area contributed by atoms with Gasteiger partial charge in [-0.1, -0.05) is 30.3 Å². The van der Waals surface area contributed by atoms with Crippen molar-refractivity contribution in [3.05, 3.63) is 35.9 Å². The van der Waals surface area contributed by atoms with Crippen LogP contribution in [0.15, 0.2) is 30.3 Å². The van der Waals surface area contributed by atoms with Gasteiger partial charge in [-0.2, -0.15) is 11.8 Å². The number of halogens is 1. The van der Waals surface area contributed by atoms with Crippen LogP contribution in [0.4, 0.5) is 0 Å². The summed E-state index contributed by atoms with van der Waals surface area (Å²) in [4.78, 5) is 55.1. The van der Waals surface area contributed by atoms with E-state index in [4.69, 9.17) is 16.2 Å². The molecule has 4 aliphatic carbocycles. The van der Waals surface area contributed by atoms with Crippen LogP contribution < -0.4 is 16.8 Å². The Hall–Kier alpha value is -2.14. The molecule has 1 aromatic rings. The maximum absolute atomic E-state index is 14.6. The molecule has 0 spiro atoms. The van der Waals surface area contributed by atoms with Crippen LogP contribution in [0.3, 0.4) is 0 Å². The number of thioether (sulfide) groups is 1. The maximum Gasteiger partial charge on any atom is 0.312 e. The van der Waals surface area contributed by atoms with E-state index in [1.54, 1.807) is 18.8 Å². The van der Waals surface area contributed by atoms with Crippen molar-refractivity contribution < 1.29 is 23.9 Å². The highest BCUT2D eigenvalue weighted by Gasteiger charge is 2.68. The van der Waals surface area contributed by atoms with Gasteiger partial charge in [0.2, 0.25) is 11.8 Å². The van der Waals surface area contributed by atoms with E-state index in [2.05, 4.69) is 5.32 Å². The minimum absolute atomic E-state index is 0. The van der Waals surface area contributed by atoms with Gasteiger partial charge >= 0.3 is 5.97 Å². The molecule has 4 bridgehead atoms. The molecular weight excluding hydrogens is 552 g/mol. The minimum atomic E-state index is -0.970. The molecule has 222 valence electrons. The number of hydrogen-bond donors (Lipinski definition) is 3. The summed E-state index contributed by atoms with van der Waals surface area (Å²) in [5.41, 5.74) is 12.1. The number of rotatable bonds is 12. The number of Topliss-reactive ketones (excluding diaryl/α,β-unsaturated/α-hetero) is 1. The number of esters is 1. The van der Waals surface area contributed by atoms with E-state index >= 15 is 0 Å². The second kappa shape index (κ2) is 13.2. The first-order chi connectivity index (χ1) is 18.5. The second-order valence-corrected chi connectivity index (χ2v) is 12.8. The highest BCUT2D eigenvalue weighted by atomic mass is 35.5. The number of methoxy groups -OCH3 is 1. The Balaban J connectivity index is 0.00000441. The van der Waals surface area contributed by atoms with Crippen molar-refractivity contribution in [2.75, 3.05) is 32.7 Å². The number of carbonyl (C=O) groups excluding carboxylic acids is 4. The number of likely N-dealkylation sites (N-methyl/N-ethyl adjacent to an activating group) is 1. The van der Waals surface area contributed by atoms with Crippen molar-refractivity contribution in [3.63, 3.8) is 0 Å². The average Bonchev–Trinajstić information content (AvgIpc) is 2.91. The van der Waals surface area contributed by atoms with Gasteiger partial charge in [0.15, 0.2) is 5.78 Å². The van der Waals surface area contributed by atoms with Gasteiger partial charge in [-0.05, 0) is 74.4 Å². The Kier molecular flexibility index (Phi) is 10.7. The SMILES string of the molecule is COC(=O)C12CC3CC(CC(N)(C3)C1C(=O)[C@H](Cc1ccccc1)N(C)C(=O)CNC(=O)[C@H](N)CCSC)C2.Cl. The molecule has 4 aliphatic rings. The van der Waals surface area contributed by atoms with E-state index in [0.29, 0.717) is 43.9 Å². The lowest BCUT2D eigenvalue weighted by atomic mass is 9.41. The standard InChI is InChI=1S/C29H42N4O5S.ClH/c1-33(23(34)17-32-26(36)21(30)9-10-39-3)22(12-18-7-5-4-6-8-18)24(35)25-28(27(37)38-2)13-19-11-20(14-28)16-29(25,31)15-19;/h4-8,19-22,25H,9-17,30-31H2,1-3H3,(H,32,36);1H/t19?,20?,21-,22+,25?,28?,29?;/m1./s1. The topological polar surface area (TPSA) is 145 Å². The second-order valence-electron chi connectivity index (χ2n) is 11.8. The molecule has 5 rings (SSSR count). The minimum Gasteiger partial charge on any atom is -0.469 e. The van der Waals surface area contributed by atoms with Crippen LogP contribution in [0.1, 0.15) is 44.1 Å². The molecule has 2 amide bonds. The summed E-state index contributed by atoms with van der Waals surface area (Å²) in [5.74, 6) is -0.801. The molecule has 9 nitrogen and oxygen atoms in total. The van der Waals surface area contributed by atoms with Crippen LogP contribution >= 0.6 is 24.2 Å². The van der Waals surface area contributed by atoms with Gasteiger partial charge in [-0.3, -0.25) is 19.2 Å². The van der Waals surface area contributed by atoms with E-state index in [9.17, 15) is 19.2 Å². The average molecular weight is 595 g/mol. The lowest BCUT2D eigenvalue weighted by molar-refractivity contribution is -0.189. The van der Waals surface area contributed by atoms with E-state index in [1.807, 2.05) is 36.6 Å². The fourth-order valence-corrected chi connectivity index (χ4v) is 8.20. The molecule has 4 fully saturated rings. The molecule has 4 saturated carbocycles. The monoisotopic (exact) mass is 594 g/mol. The molecule has 0 aromatic heterocycles. The first-order valence-electron chi connectivity index (χ1n) is 13.8. The molecule has 0 saturated heterocycles. The number of nitrogens with one attached hydrogen (secondary N) is 1. The van der Waals surface area contributed by atoms with Gasteiger partial charge in [0.05, 0.1) is 37.1 Å². The number of hydrogen-bond acceptors (Lipinski definition) is 8. The summed E-state index contributed by atoms with van der Waals surface area (Å²) in [6.07, 6.45) is 6.31. The van der Waals surface area contributed by atoms with Crippen LogP contribution in [0.2, 0.25) is 0 Å². The third-order valence-electron chi connectivity index (χ3n) is 9.16. The molecular formula is C29H43ClN4O5S. The smallest absolute Gasteiger partial charge is 0.312 e. The summed E-state index contributed by atoms with van der Waals surface area (Å²) in [5, 5.41) is 2.63. The summed E-state index contributed by atoms with van der Waals surface area (Å²) >= 11 is 1.59. The van der Waals surface area contributed by atoms with Gasteiger partial charge in [0.1, 0.15) is 0 Å². The van der Waals surface area contributed by atoms with E-state index in [1.165, 1.54) is 12.0 Å². The molecule has 40 heavy (non-hydrogen) atoms. The predicted molar refractivity (Wildman–Crippen MR) is 158 cm³/mol. The quantitative estimate of drug-likeness (QED) is 0.311. The van der Waals surface area contributed by atoms with Crippen molar-refractivity contribution in [1.82, 2.24) is 10.2 Å². The Bertz CT molecular complexity index is 1080. The van der Waals surface area contributed by atoms with Crippen molar-refractivity contribution in [2.45, 2.75) is 62.6 Å². The van der Waals surface area contributed by atoms with Crippen molar-refractivity contribution in [1.29, 1.82) is 0 Å². The molecule has 0 radical (unpaired) electrons. The first kappa shape index (κ1) is 32.4. The van der Waals surface area contributed by atoms with Gasteiger partial charge < -0.3 is 26.4 Å². The predicted octanol–water partition coefficient (Wildman–Crippen LogP) is 1.94. The van der Waals surface area contributed by atoms with Gasteiger partial charge in [-0.15, -0.1) is 12.4 Å². The largest absolute Gasteiger partial charge is 0.469 e. The molecule has 3 unspecified atom stereocenters. The van der Waals surface area contributed by atoms with E-state index in [-0.39, 0.29) is 37.1 Å². The van der Waals surface area contributed by atoms with E-state index in [0.717, 1.165) is 17.7 Å². The summed E-state index contributed by atoms with van der Waals surface area (Å²) in [7, 11) is 2.95. The lowest BCUT2D eigenvalue weighted by Gasteiger charge is -2.63. The van der Waals surface area contributed by atoms with Gasteiger partial charge in [0.25, 0.3) is 0 Å². The summed E-state index contributed by atoms with van der Waals surface area (Å²) < 4.78 is 5.29. The number of nitrogens with two attached hydrogens (primary N) is 2. The number of ether oxygens (including phenoxy) is 1. The van der Waals surface area contributed by atoms with Crippen LogP contribution in [-0.4, -0.2) is 78.8 Å². The Labute approximate surface area is 247 Å². The van der Waals surface area contributed by atoms with Crippen LogP contribution in [0.5, 0.6) is 0 Å². The third kappa shape index (κ3) is 6.35. The van der Waals surface area contributed by atoms with E-state index < -0.39 is 40.8 Å². The van der Waals surface area contributed by atoms with Crippen LogP contribution in [0.25, 0.3) is 0 Å². The molecule has 5 atom stereocenters. The highest BCUT2D eigenvalue weighted by Crippen LogP contribution is 2.64. The Morgan fingerprint density at radius 2 is 1.75 bits per heavy atom. The highest BCUT2D eigenvalue weighted by molar-refractivity contribution is 7.98. The Morgan fingerprint density at radius 1 is 1.12 bits per heavy atom. The van der Waals surface area contributed by atoms with Crippen LogP contribution in [0, 0.1) is 23.2 Å². The molecule has 5 N–H and O–H groups in total. The van der Waals surface area contributed by atoms with Crippen molar-refractivity contribution >= 4 is 47.7 Å². The normalized spacial score (nSPS) is 29.6. The zero-order chi connectivity index (χ0) is 28.4. The third-order valence-corrected chi connectivity index (χ3v) is 9.80. The summed E-state index contributed by atoms with van der Waals surface area (Å²) in [6.45, 7) is -0.272. The maximum atomic E-state index is 14.6. The Morgan fingerprint density at radius 3 is 2.33 bits per heavy atom. The zero-order valence-electron chi connectivity index (χ0n) is 23.6. The molecule has 1 aromatic carbocycles. The van der Waals surface area contributed by atoms with Crippen LogP contribution in [-0.2, 0) is 30.3 Å². The number of benzene rings is 1. The number of nitrogens with zero attached hydrogens (tertiary/aromatic N) is 1. The van der Waals surface area contributed by atoms with Crippen molar-refractivity contribution in [3.8, 4) is 0 Å². The number of carbonyl (C=O) groups is 4. The fraction of sp³-hybridized carbons (Fsp3) is 0.655. The molecule has 0 aliphatic heterocycles. The fourth-order valence-electron chi connectivity index (χ4n) is 7.71.